The fourth-order valence-electron chi connectivity index (χ4n) is 1.45. The zero-order chi connectivity index (χ0) is 12.3. The third-order valence-corrected chi connectivity index (χ3v) is 3.37. The summed E-state index contributed by atoms with van der Waals surface area (Å²) in [5.74, 6) is 0.778. The van der Waals surface area contributed by atoms with Gasteiger partial charge in [0.15, 0.2) is 0 Å². The van der Waals surface area contributed by atoms with Gasteiger partial charge in [0.05, 0.1) is 0 Å². The molecule has 0 N–H and O–H groups in total. The molecule has 0 aliphatic carbocycles. The van der Waals surface area contributed by atoms with Gasteiger partial charge in [-0.25, -0.2) is 4.79 Å². The molecule has 4 heteroatoms. The summed E-state index contributed by atoms with van der Waals surface area (Å²) >= 11 is 1.51. The predicted molar refractivity (Wildman–Crippen MR) is 72.9 cm³/mol. The number of rotatable bonds is 2. The topological polar surface area (TPSA) is 41.8 Å². The Hall–Kier alpha value is -1.68. The van der Waals surface area contributed by atoms with Crippen molar-refractivity contribution in [2.75, 3.05) is 0 Å². The summed E-state index contributed by atoms with van der Waals surface area (Å²) in [7, 11) is 0. The van der Waals surface area contributed by atoms with Crippen LogP contribution in [0.5, 0.6) is 0 Å². The van der Waals surface area contributed by atoms with Crippen LogP contribution in [0.4, 0.5) is 4.79 Å². The molecule has 0 bridgehead atoms. The number of thioether (sulfide) groups is 1. The summed E-state index contributed by atoms with van der Waals surface area (Å²) in [6, 6.07) is 7.80. The van der Waals surface area contributed by atoms with Crippen molar-refractivity contribution in [1.29, 1.82) is 0 Å². The number of aryl methyl sites for hydroxylation is 1. The van der Waals surface area contributed by atoms with Gasteiger partial charge in [0, 0.05) is 17.5 Å². The maximum absolute atomic E-state index is 11.0. The van der Waals surface area contributed by atoms with Crippen LogP contribution in [0.15, 0.2) is 46.4 Å². The molecule has 0 fully saturated rings. The Morgan fingerprint density at radius 3 is 3.00 bits per heavy atom. The van der Waals surface area contributed by atoms with E-state index in [-0.39, 0.29) is 0 Å². The second-order valence-corrected chi connectivity index (χ2v) is 4.72. The Morgan fingerprint density at radius 2 is 2.24 bits per heavy atom. The van der Waals surface area contributed by atoms with Crippen LogP contribution in [0.2, 0.25) is 0 Å². The first kappa shape index (κ1) is 11.8. The average molecular weight is 244 g/mol. The molecule has 86 valence electrons. The van der Waals surface area contributed by atoms with Crippen molar-refractivity contribution >= 4 is 29.1 Å². The van der Waals surface area contributed by atoms with Crippen molar-refractivity contribution in [2.24, 2.45) is 9.98 Å². The molecule has 0 spiro atoms. The van der Waals surface area contributed by atoms with Gasteiger partial charge in [0.25, 0.3) is 0 Å². The molecule has 1 aromatic carbocycles. The molecule has 0 aromatic heterocycles. The third-order valence-electron chi connectivity index (χ3n) is 2.26. The van der Waals surface area contributed by atoms with Crippen molar-refractivity contribution in [3.63, 3.8) is 0 Å². The van der Waals surface area contributed by atoms with E-state index in [4.69, 9.17) is 0 Å². The Bertz CT molecular complexity index is 532. The first-order chi connectivity index (χ1) is 8.15. The van der Waals surface area contributed by atoms with E-state index in [9.17, 15) is 4.79 Å². The summed E-state index contributed by atoms with van der Waals surface area (Å²) in [6.07, 6.45) is 1.47. The number of amides is 2. The predicted octanol–water partition coefficient (Wildman–Crippen LogP) is 3.39. The zero-order valence-corrected chi connectivity index (χ0v) is 10.3. The molecule has 0 atom stereocenters. The van der Waals surface area contributed by atoms with Crippen LogP contribution >= 0.6 is 11.8 Å². The van der Waals surface area contributed by atoms with Crippen LogP contribution in [0.1, 0.15) is 11.1 Å². The van der Waals surface area contributed by atoms with E-state index < -0.39 is 6.03 Å². The van der Waals surface area contributed by atoms with Crippen LogP contribution in [-0.4, -0.2) is 17.3 Å². The summed E-state index contributed by atoms with van der Waals surface area (Å²) in [5.41, 5.74) is 3.13. The highest BCUT2D eigenvalue weighted by molar-refractivity contribution is 8.13. The van der Waals surface area contributed by atoms with Crippen LogP contribution in [-0.2, 0) is 5.75 Å². The van der Waals surface area contributed by atoms with Gasteiger partial charge in [-0.3, -0.25) is 0 Å². The molecule has 0 unspecified atom stereocenters. The monoisotopic (exact) mass is 244 g/mol. The van der Waals surface area contributed by atoms with Crippen molar-refractivity contribution in [3.05, 3.63) is 47.5 Å². The smallest absolute Gasteiger partial charge is 0.244 e. The van der Waals surface area contributed by atoms with Gasteiger partial charge in [-0.05, 0) is 12.5 Å². The number of carbonyl (C=O) groups is 1. The van der Waals surface area contributed by atoms with Gasteiger partial charge in [-0.15, -0.1) is 11.8 Å². The Morgan fingerprint density at radius 1 is 1.41 bits per heavy atom. The van der Waals surface area contributed by atoms with Gasteiger partial charge < -0.3 is 0 Å². The number of hydrogen-bond donors (Lipinski definition) is 0. The molecule has 1 aromatic rings. The number of hydrogen-bond acceptors (Lipinski definition) is 2. The average Bonchev–Trinajstić information content (AvgIpc) is 2.30. The van der Waals surface area contributed by atoms with Gasteiger partial charge in [-0.1, -0.05) is 36.4 Å². The zero-order valence-electron chi connectivity index (χ0n) is 9.51. The SMILES string of the molecule is C=C1C=NC(=O)N=C1SCc1cccc(C)c1. The van der Waals surface area contributed by atoms with Crippen molar-refractivity contribution < 1.29 is 4.79 Å². The van der Waals surface area contributed by atoms with Crippen molar-refractivity contribution in [2.45, 2.75) is 12.7 Å². The maximum Gasteiger partial charge on any atom is 0.368 e. The van der Waals surface area contributed by atoms with E-state index in [0.29, 0.717) is 10.6 Å². The second-order valence-electron chi connectivity index (χ2n) is 3.76. The minimum atomic E-state index is -0.454. The molecule has 2 rings (SSSR count). The first-order valence-corrected chi connectivity index (χ1v) is 6.18. The highest BCUT2D eigenvalue weighted by Crippen LogP contribution is 2.20. The molecule has 2 amide bonds. The van der Waals surface area contributed by atoms with E-state index in [0.717, 1.165) is 5.75 Å². The largest absolute Gasteiger partial charge is 0.368 e. The lowest BCUT2D eigenvalue weighted by Crippen LogP contribution is -2.07. The van der Waals surface area contributed by atoms with Crippen LogP contribution in [0, 0.1) is 6.92 Å². The number of aliphatic imine (C=N–C) groups is 2. The molecule has 0 radical (unpaired) electrons. The minimum Gasteiger partial charge on any atom is -0.244 e. The number of nitrogens with zero attached hydrogens (tertiary/aromatic N) is 2. The van der Waals surface area contributed by atoms with Gasteiger partial charge in [0.1, 0.15) is 5.04 Å². The molecule has 1 heterocycles. The third kappa shape index (κ3) is 3.14. The van der Waals surface area contributed by atoms with Crippen LogP contribution < -0.4 is 0 Å². The Balaban J connectivity index is 2.03. The van der Waals surface area contributed by atoms with E-state index >= 15 is 0 Å². The molecule has 3 nitrogen and oxygen atoms in total. The minimum absolute atomic E-state index is 0.454. The molecule has 17 heavy (non-hydrogen) atoms. The maximum atomic E-state index is 11.0. The molecule has 1 aliphatic rings. The van der Waals surface area contributed by atoms with Crippen molar-refractivity contribution in [1.82, 2.24) is 0 Å². The lowest BCUT2D eigenvalue weighted by Gasteiger charge is -2.08. The number of benzene rings is 1. The summed E-state index contributed by atoms with van der Waals surface area (Å²) in [6.45, 7) is 5.86. The highest BCUT2D eigenvalue weighted by atomic mass is 32.2. The standard InChI is InChI=1S/C13H12N2OS/c1-9-4-3-5-11(6-9)8-17-12-10(2)7-14-13(16)15-12/h3-7H,2,8H2,1H3. The van der Waals surface area contributed by atoms with E-state index in [1.165, 1.54) is 29.1 Å². The normalized spacial score (nSPS) is 15.0. The lowest BCUT2D eigenvalue weighted by atomic mass is 10.2. The van der Waals surface area contributed by atoms with Gasteiger partial charge in [-0.2, -0.15) is 9.98 Å². The molecule has 0 saturated carbocycles. The number of carbonyl (C=O) groups excluding carboxylic acids is 1. The van der Waals surface area contributed by atoms with Gasteiger partial charge >= 0.3 is 6.03 Å². The van der Waals surface area contributed by atoms with E-state index in [1.807, 2.05) is 6.07 Å². The lowest BCUT2D eigenvalue weighted by molar-refractivity contribution is 0.257. The quantitative estimate of drug-likeness (QED) is 0.800. The molecular weight excluding hydrogens is 232 g/mol. The van der Waals surface area contributed by atoms with Gasteiger partial charge in [0.2, 0.25) is 0 Å². The molecule has 1 aliphatic heterocycles. The van der Waals surface area contributed by atoms with E-state index in [1.54, 1.807) is 0 Å². The van der Waals surface area contributed by atoms with Crippen LogP contribution in [0.3, 0.4) is 0 Å². The Kier molecular flexibility index (Phi) is 3.54. The molecule has 0 saturated heterocycles. The fraction of sp³-hybridized carbons (Fsp3) is 0.154. The molecular formula is C13H12N2OS. The van der Waals surface area contributed by atoms with E-state index in [2.05, 4.69) is 41.7 Å². The number of urea groups is 1. The summed E-state index contributed by atoms with van der Waals surface area (Å²) in [4.78, 5) is 18.5. The second kappa shape index (κ2) is 5.10. The van der Waals surface area contributed by atoms with Crippen LogP contribution in [0.25, 0.3) is 0 Å². The highest BCUT2D eigenvalue weighted by Gasteiger charge is 2.11. The summed E-state index contributed by atoms with van der Waals surface area (Å²) < 4.78 is 0. The fourth-order valence-corrected chi connectivity index (χ4v) is 2.32. The van der Waals surface area contributed by atoms with Crippen molar-refractivity contribution in [3.8, 4) is 0 Å². The Labute approximate surface area is 104 Å². The first-order valence-electron chi connectivity index (χ1n) is 5.19. The summed E-state index contributed by atoms with van der Waals surface area (Å²) in [5, 5.41) is 0.659.